The van der Waals surface area contributed by atoms with E-state index in [0.717, 1.165) is 19.4 Å². The highest BCUT2D eigenvalue weighted by Gasteiger charge is 2.17. The third-order valence-corrected chi connectivity index (χ3v) is 3.27. The fraction of sp³-hybridized carbons (Fsp3) is 0.769. The van der Waals surface area contributed by atoms with Crippen LogP contribution in [0.15, 0.2) is 5.10 Å². The van der Waals surface area contributed by atoms with E-state index in [2.05, 4.69) is 41.6 Å². The monoisotopic (exact) mass is 268 g/mol. The predicted molar refractivity (Wildman–Crippen MR) is 74.8 cm³/mol. The van der Waals surface area contributed by atoms with Crippen molar-refractivity contribution in [2.24, 2.45) is 5.10 Å². The summed E-state index contributed by atoms with van der Waals surface area (Å²) in [7, 11) is 2.10. The summed E-state index contributed by atoms with van der Waals surface area (Å²) in [5, 5.41) is 6.59. The van der Waals surface area contributed by atoms with Gasteiger partial charge in [-0.1, -0.05) is 0 Å². The van der Waals surface area contributed by atoms with E-state index in [4.69, 9.17) is 0 Å². The maximum atomic E-state index is 11.7. The molecule has 6 nitrogen and oxygen atoms in total. The summed E-state index contributed by atoms with van der Waals surface area (Å²) in [6.45, 7) is 6.01. The summed E-state index contributed by atoms with van der Waals surface area (Å²) in [5.41, 5.74) is 2.74. The molecule has 108 valence electrons. The molecule has 0 aromatic heterocycles. The van der Waals surface area contributed by atoms with Crippen molar-refractivity contribution in [3.05, 3.63) is 0 Å². The molecule has 0 aromatic rings. The fourth-order valence-corrected chi connectivity index (χ4v) is 1.69. The Morgan fingerprint density at radius 1 is 1.42 bits per heavy atom. The van der Waals surface area contributed by atoms with Crippen LogP contribution in [0.2, 0.25) is 0 Å². The van der Waals surface area contributed by atoms with Crippen LogP contribution in [0.4, 0.5) is 0 Å². The lowest BCUT2D eigenvalue weighted by molar-refractivity contribution is -0.121. The number of hydrazone groups is 1. The van der Waals surface area contributed by atoms with Crippen LogP contribution < -0.4 is 10.7 Å². The van der Waals surface area contributed by atoms with Crippen molar-refractivity contribution in [2.45, 2.75) is 45.6 Å². The maximum absolute atomic E-state index is 11.7. The van der Waals surface area contributed by atoms with Crippen molar-refractivity contribution in [2.75, 3.05) is 20.1 Å². The Labute approximate surface area is 114 Å². The summed E-state index contributed by atoms with van der Waals surface area (Å²) in [6.07, 6.45) is 2.76. The molecular formula is C13H24N4O2. The minimum atomic E-state index is -0.169. The molecule has 0 spiro atoms. The Morgan fingerprint density at radius 2 is 2.16 bits per heavy atom. The van der Waals surface area contributed by atoms with E-state index in [1.54, 1.807) is 0 Å². The van der Waals surface area contributed by atoms with Crippen LogP contribution in [-0.4, -0.2) is 48.6 Å². The van der Waals surface area contributed by atoms with E-state index in [9.17, 15) is 9.59 Å². The number of nitrogens with one attached hydrogen (secondary N) is 2. The third kappa shape index (κ3) is 5.83. The van der Waals surface area contributed by atoms with Crippen molar-refractivity contribution >= 4 is 17.5 Å². The number of rotatable bonds is 7. The van der Waals surface area contributed by atoms with E-state index in [-0.39, 0.29) is 11.8 Å². The van der Waals surface area contributed by atoms with Crippen LogP contribution in [-0.2, 0) is 9.59 Å². The van der Waals surface area contributed by atoms with E-state index >= 15 is 0 Å². The van der Waals surface area contributed by atoms with Gasteiger partial charge in [0.05, 0.1) is 0 Å². The van der Waals surface area contributed by atoms with E-state index in [0.29, 0.717) is 31.1 Å². The number of unbranched alkanes of at least 4 members (excludes halogenated alkanes) is 1. The summed E-state index contributed by atoms with van der Waals surface area (Å²) in [4.78, 5) is 24.9. The molecule has 0 aromatic carbocycles. The lowest BCUT2D eigenvalue weighted by Crippen LogP contribution is -2.37. The van der Waals surface area contributed by atoms with Crippen molar-refractivity contribution < 1.29 is 9.59 Å². The zero-order valence-corrected chi connectivity index (χ0v) is 12.0. The lowest BCUT2D eigenvalue weighted by Gasteiger charge is -2.20. The van der Waals surface area contributed by atoms with Crippen LogP contribution in [0, 0.1) is 0 Å². The zero-order chi connectivity index (χ0) is 14.3. The van der Waals surface area contributed by atoms with E-state index in [1.165, 1.54) is 0 Å². The minimum absolute atomic E-state index is 0.131. The first-order valence-electron chi connectivity index (χ1n) is 6.84. The minimum Gasteiger partial charge on any atom is -0.351 e. The molecular weight excluding hydrogens is 244 g/mol. The van der Waals surface area contributed by atoms with Gasteiger partial charge in [-0.3, -0.25) is 9.59 Å². The normalized spacial score (nSPS) is 15.4. The Kier molecular flexibility index (Phi) is 6.49. The van der Waals surface area contributed by atoms with Crippen molar-refractivity contribution in [3.8, 4) is 0 Å². The Balaban J connectivity index is 2.13. The molecule has 2 N–H and O–H groups in total. The second-order valence-electron chi connectivity index (χ2n) is 5.13. The highest BCUT2D eigenvalue weighted by atomic mass is 16.2. The van der Waals surface area contributed by atoms with E-state index in [1.807, 2.05) is 0 Å². The van der Waals surface area contributed by atoms with E-state index < -0.39 is 0 Å². The lowest BCUT2D eigenvalue weighted by atomic mass is 10.1. The van der Waals surface area contributed by atoms with Crippen molar-refractivity contribution in [1.29, 1.82) is 0 Å². The number of carbonyl (C=O) groups excluding carboxylic acids is 2. The van der Waals surface area contributed by atoms with Crippen molar-refractivity contribution in [1.82, 2.24) is 15.6 Å². The Hall–Kier alpha value is -1.43. The summed E-state index contributed by atoms with van der Waals surface area (Å²) < 4.78 is 0. The second kappa shape index (κ2) is 7.89. The van der Waals surface area contributed by atoms with Crippen LogP contribution >= 0.6 is 0 Å². The van der Waals surface area contributed by atoms with Gasteiger partial charge in [-0.15, -0.1) is 0 Å². The Morgan fingerprint density at radius 3 is 2.74 bits per heavy atom. The molecule has 1 aliphatic heterocycles. The van der Waals surface area contributed by atoms with Crippen LogP contribution in [0.1, 0.15) is 39.5 Å². The van der Waals surface area contributed by atoms with Crippen LogP contribution in [0.25, 0.3) is 0 Å². The molecule has 0 saturated heterocycles. The molecule has 0 unspecified atom stereocenters. The van der Waals surface area contributed by atoms with Gasteiger partial charge in [-0.25, -0.2) is 5.43 Å². The molecule has 0 fully saturated rings. The highest BCUT2D eigenvalue weighted by molar-refractivity contribution is 6.39. The first-order valence-corrected chi connectivity index (χ1v) is 6.84. The average Bonchev–Trinajstić information content (AvgIpc) is 2.38. The first kappa shape index (κ1) is 15.6. The fourth-order valence-electron chi connectivity index (χ4n) is 1.69. The molecule has 0 aliphatic carbocycles. The molecule has 0 saturated carbocycles. The first-order chi connectivity index (χ1) is 9.00. The van der Waals surface area contributed by atoms with Gasteiger partial charge < -0.3 is 10.2 Å². The molecule has 0 atom stereocenters. The van der Waals surface area contributed by atoms with Gasteiger partial charge in [-0.05, 0) is 40.3 Å². The standard InChI is InChI=1S/C13H24N4O2/c1-10(2)17(3)9-5-4-8-14-13(19)11-6-7-12(18)16-15-11/h10H,4-9H2,1-3H3,(H,14,19)(H,16,18). The topological polar surface area (TPSA) is 73.8 Å². The van der Waals surface area contributed by atoms with Crippen molar-refractivity contribution in [3.63, 3.8) is 0 Å². The van der Waals surface area contributed by atoms with Crippen LogP contribution in [0.3, 0.4) is 0 Å². The summed E-state index contributed by atoms with van der Waals surface area (Å²) >= 11 is 0. The molecule has 0 radical (unpaired) electrons. The number of hydrogen-bond acceptors (Lipinski definition) is 4. The molecule has 19 heavy (non-hydrogen) atoms. The molecule has 2 amide bonds. The second-order valence-corrected chi connectivity index (χ2v) is 5.13. The largest absolute Gasteiger partial charge is 0.351 e. The number of nitrogens with zero attached hydrogens (tertiary/aromatic N) is 2. The summed E-state index contributed by atoms with van der Waals surface area (Å²) in [6, 6.07) is 0.551. The summed E-state index contributed by atoms with van der Waals surface area (Å²) in [5.74, 6) is -0.300. The van der Waals surface area contributed by atoms with Gasteiger partial charge in [0.25, 0.3) is 5.91 Å². The van der Waals surface area contributed by atoms with Crippen LogP contribution in [0.5, 0.6) is 0 Å². The van der Waals surface area contributed by atoms with Gasteiger partial charge in [0.15, 0.2) is 0 Å². The maximum Gasteiger partial charge on any atom is 0.267 e. The average molecular weight is 268 g/mol. The number of hydrogen-bond donors (Lipinski definition) is 2. The predicted octanol–water partition coefficient (Wildman–Crippen LogP) is 0.489. The quantitative estimate of drug-likeness (QED) is 0.660. The van der Waals surface area contributed by atoms with Gasteiger partial charge >= 0.3 is 0 Å². The molecule has 1 aliphatic rings. The van der Waals surface area contributed by atoms with Gasteiger partial charge in [0.1, 0.15) is 5.71 Å². The third-order valence-electron chi connectivity index (χ3n) is 3.27. The zero-order valence-electron chi connectivity index (χ0n) is 12.0. The van der Waals surface area contributed by atoms with Gasteiger partial charge in [-0.2, -0.15) is 5.10 Å². The number of carbonyl (C=O) groups is 2. The van der Waals surface area contributed by atoms with Gasteiger partial charge in [0, 0.05) is 25.4 Å². The smallest absolute Gasteiger partial charge is 0.267 e. The molecule has 0 bridgehead atoms. The van der Waals surface area contributed by atoms with Gasteiger partial charge in [0.2, 0.25) is 5.91 Å². The molecule has 1 heterocycles. The Bertz CT molecular complexity index is 353. The number of amides is 2. The SMILES string of the molecule is CC(C)N(C)CCCCNC(=O)C1=NNC(=O)CC1. The molecule has 6 heteroatoms. The molecule has 1 rings (SSSR count). The highest BCUT2D eigenvalue weighted by Crippen LogP contribution is 2.00.